The number of esters is 1. The van der Waals surface area contributed by atoms with E-state index in [0.29, 0.717) is 19.3 Å². The Morgan fingerprint density at radius 2 is 1.49 bits per heavy atom. The molecule has 0 aromatic carbocycles. The molecule has 0 aromatic heterocycles. The van der Waals surface area contributed by atoms with Crippen molar-refractivity contribution in [2.75, 3.05) is 21.1 Å². The van der Waals surface area contributed by atoms with E-state index in [1.165, 1.54) is 18.9 Å². The Bertz CT molecular complexity index is 758. The van der Waals surface area contributed by atoms with Crippen LogP contribution in [0.1, 0.15) is 73.6 Å². The number of nitrogens with zero attached hydrogens (tertiary/aromatic N) is 1. The largest absolute Gasteiger partial charge is 0.478 e. The van der Waals surface area contributed by atoms with Crippen LogP contribution in [0.4, 0.5) is 0 Å². The van der Waals surface area contributed by atoms with Crippen LogP contribution < -0.4 is 10.6 Å². The van der Waals surface area contributed by atoms with Gasteiger partial charge in [0.15, 0.2) is 5.78 Å². The van der Waals surface area contributed by atoms with Gasteiger partial charge in [0, 0.05) is 13.5 Å². The highest BCUT2D eigenvalue weighted by molar-refractivity contribution is 5.94. The van der Waals surface area contributed by atoms with Crippen molar-refractivity contribution in [1.82, 2.24) is 15.5 Å². The summed E-state index contributed by atoms with van der Waals surface area (Å²) in [5, 5.41) is 35.6. The van der Waals surface area contributed by atoms with Crippen molar-refractivity contribution in [3.8, 4) is 0 Å². The van der Waals surface area contributed by atoms with E-state index in [0.717, 1.165) is 0 Å². The Kier molecular flexibility index (Phi) is 15.1. The molecule has 0 radical (unpaired) electrons. The minimum absolute atomic E-state index is 0.153. The Morgan fingerprint density at radius 3 is 1.89 bits per heavy atom. The lowest BCUT2D eigenvalue weighted by molar-refractivity contribution is -0.189. The zero-order chi connectivity index (χ0) is 29.1. The molecule has 0 spiro atoms. The van der Waals surface area contributed by atoms with Crippen LogP contribution in [0.5, 0.6) is 0 Å². The second-order valence-corrected chi connectivity index (χ2v) is 10.6. The van der Waals surface area contributed by atoms with Gasteiger partial charge in [-0.15, -0.1) is 0 Å². The van der Waals surface area contributed by atoms with Gasteiger partial charge in [0.2, 0.25) is 11.5 Å². The van der Waals surface area contributed by atoms with Gasteiger partial charge in [0.05, 0.1) is 30.7 Å². The average Bonchev–Trinajstić information content (AvgIpc) is 2.77. The summed E-state index contributed by atoms with van der Waals surface area (Å²) in [6, 6.07) is -2.44. The SMILES string of the molecule is CN[C@@H](C)C(=O)N(C)[C@H](C(=O)OC(CC(=O)[C@@H](NC)C(C)C)(CC(C)O)C(=O)O)[C@@H](C)CCCC(C)O. The first-order chi connectivity index (χ1) is 17.0. The van der Waals surface area contributed by atoms with Gasteiger partial charge >= 0.3 is 11.9 Å². The third-order valence-electron chi connectivity index (χ3n) is 6.73. The van der Waals surface area contributed by atoms with E-state index in [1.807, 2.05) is 0 Å². The summed E-state index contributed by atoms with van der Waals surface area (Å²) in [6.07, 6.45) is -1.33. The van der Waals surface area contributed by atoms with Gasteiger partial charge in [0.1, 0.15) is 6.04 Å². The van der Waals surface area contributed by atoms with E-state index in [9.17, 15) is 34.5 Å². The monoisotopic (exact) mass is 531 g/mol. The molecule has 5 N–H and O–H groups in total. The summed E-state index contributed by atoms with van der Waals surface area (Å²) in [7, 11) is 4.64. The smallest absolute Gasteiger partial charge is 0.348 e. The molecule has 1 amide bonds. The van der Waals surface area contributed by atoms with E-state index >= 15 is 0 Å². The lowest BCUT2D eigenvalue weighted by atomic mass is 9.85. The number of aliphatic hydroxyl groups is 2. The number of amides is 1. The summed E-state index contributed by atoms with van der Waals surface area (Å²) >= 11 is 0. The number of hydrogen-bond acceptors (Lipinski definition) is 9. The third kappa shape index (κ3) is 10.7. The molecular formula is C26H49N3O8. The van der Waals surface area contributed by atoms with Gasteiger partial charge in [-0.25, -0.2) is 9.59 Å². The highest BCUT2D eigenvalue weighted by atomic mass is 16.6. The molecule has 0 fully saturated rings. The summed E-state index contributed by atoms with van der Waals surface area (Å²) in [6.45, 7) is 10.0. The number of Topliss-reactive ketones (excluding diaryl/α,β-unsaturated/α-hetero) is 1. The van der Waals surface area contributed by atoms with Crippen LogP contribution in [0.3, 0.4) is 0 Å². The number of ether oxygens (including phenoxy) is 1. The lowest BCUT2D eigenvalue weighted by Crippen LogP contribution is -2.56. The van der Waals surface area contributed by atoms with Crippen molar-refractivity contribution < 1.29 is 39.2 Å². The maximum atomic E-state index is 13.6. The Labute approximate surface area is 221 Å². The molecule has 11 heteroatoms. The highest BCUT2D eigenvalue weighted by Gasteiger charge is 2.49. The Hall–Kier alpha value is -2.08. The molecule has 0 heterocycles. The predicted molar refractivity (Wildman–Crippen MR) is 140 cm³/mol. The van der Waals surface area contributed by atoms with Gasteiger partial charge in [0.25, 0.3) is 0 Å². The maximum absolute atomic E-state index is 13.6. The predicted octanol–water partition coefficient (Wildman–Crippen LogP) is 0.949. The van der Waals surface area contributed by atoms with Crippen LogP contribution in [0.15, 0.2) is 0 Å². The Balaban J connectivity index is 6.37. The quantitative estimate of drug-likeness (QED) is 0.161. The summed E-state index contributed by atoms with van der Waals surface area (Å²) in [5.74, 6) is -3.98. The summed E-state index contributed by atoms with van der Waals surface area (Å²) in [5.41, 5.74) is -2.32. The molecule has 37 heavy (non-hydrogen) atoms. The number of carbonyl (C=O) groups is 4. The molecule has 0 aromatic rings. The summed E-state index contributed by atoms with van der Waals surface area (Å²) < 4.78 is 5.64. The molecule has 0 aliphatic rings. The number of likely N-dealkylation sites (N-methyl/N-ethyl adjacent to an activating group) is 3. The van der Waals surface area contributed by atoms with E-state index in [1.54, 1.807) is 48.7 Å². The first kappa shape index (κ1) is 34.9. The minimum atomic E-state index is -2.32. The van der Waals surface area contributed by atoms with Crippen molar-refractivity contribution in [1.29, 1.82) is 0 Å². The van der Waals surface area contributed by atoms with Crippen LogP contribution in [0, 0.1) is 11.8 Å². The fourth-order valence-corrected chi connectivity index (χ4v) is 4.58. The first-order valence-electron chi connectivity index (χ1n) is 13.0. The molecule has 0 bridgehead atoms. The number of ketones is 1. The van der Waals surface area contributed by atoms with E-state index in [2.05, 4.69) is 10.6 Å². The molecule has 0 rings (SSSR count). The van der Waals surface area contributed by atoms with Crippen molar-refractivity contribution in [2.45, 2.75) is 110 Å². The molecule has 0 aliphatic heterocycles. The number of carboxylic acid groups (broad SMARTS) is 1. The van der Waals surface area contributed by atoms with Crippen LogP contribution in [0.2, 0.25) is 0 Å². The number of carbonyl (C=O) groups excluding carboxylic acids is 3. The number of nitrogens with one attached hydrogen (secondary N) is 2. The Morgan fingerprint density at radius 1 is 0.919 bits per heavy atom. The average molecular weight is 532 g/mol. The zero-order valence-electron chi connectivity index (χ0n) is 23.9. The van der Waals surface area contributed by atoms with Crippen LogP contribution >= 0.6 is 0 Å². The lowest BCUT2D eigenvalue weighted by Gasteiger charge is -2.37. The van der Waals surface area contributed by atoms with Crippen LogP contribution in [-0.2, 0) is 23.9 Å². The van der Waals surface area contributed by atoms with Gasteiger partial charge in [-0.1, -0.05) is 27.2 Å². The van der Waals surface area contributed by atoms with Crippen molar-refractivity contribution in [3.05, 3.63) is 0 Å². The number of rotatable bonds is 18. The fourth-order valence-electron chi connectivity index (χ4n) is 4.58. The normalized spacial score (nSPS) is 18.2. The van der Waals surface area contributed by atoms with E-state index < -0.39 is 78.3 Å². The van der Waals surface area contributed by atoms with Crippen LogP contribution in [0.25, 0.3) is 0 Å². The molecule has 11 nitrogen and oxygen atoms in total. The molecule has 0 saturated carbocycles. The van der Waals surface area contributed by atoms with Crippen molar-refractivity contribution in [3.63, 3.8) is 0 Å². The molecule has 216 valence electrons. The second kappa shape index (κ2) is 16.0. The second-order valence-electron chi connectivity index (χ2n) is 10.6. The van der Waals surface area contributed by atoms with Crippen molar-refractivity contribution >= 4 is 23.6 Å². The number of aliphatic hydroxyl groups excluding tert-OH is 2. The summed E-state index contributed by atoms with van der Waals surface area (Å²) in [4.78, 5) is 53.4. The van der Waals surface area contributed by atoms with Crippen LogP contribution in [-0.4, -0.2) is 101 Å². The van der Waals surface area contributed by atoms with Gasteiger partial charge < -0.3 is 35.6 Å². The molecule has 0 saturated heterocycles. The molecule has 0 aliphatic carbocycles. The molecular weight excluding hydrogens is 482 g/mol. The van der Waals surface area contributed by atoms with Gasteiger partial charge in [-0.05, 0) is 59.5 Å². The number of aliphatic carboxylic acids is 1. The maximum Gasteiger partial charge on any atom is 0.348 e. The van der Waals surface area contributed by atoms with E-state index in [-0.39, 0.29) is 5.92 Å². The minimum Gasteiger partial charge on any atom is -0.478 e. The highest BCUT2D eigenvalue weighted by Crippen LogP contribution is 2.29. The van der Waals surface area contributed by atoms with Gasteiger partial charge in [-0.2, -0.15) is 0 Å². The van der Waals surface area contributed by atoms with Crippen molar-refractivity contribution in [2.24, 2.45) is 11.8 Å². The number of carboxylic acids is 1. The molecule has 7 atom stereocenters. The van der Waals surface area contributed by atoms with Gasteiger partial charge in [-0.3, -0.25) is 9.59 Å². The standard InChI is InChI=1S/C26H49N3O8/c1-15(2)21(28-8)20(32)14-26(25(35)36,13-18(5)31)37-24(34)22(16(3)11-10-12-17(4)30)29(9)23(33)19(6)27-7/h15-19,21-22,27-28,30-31H,10-14H2,1-9H3,(H,35,36)/t16-,17?,18?,19-,21-,22-,26?/m0/s1. The molecule has 3 unspecified atom stereocenters. The first-order valence-corrected chi connectivity index (χ1v) is 13.0. The topological polar surface area (TPSA) is 166 Å². The zero-order valence-corrected chi connectivity index (χ0v) is 23.9. The van der Waals surface area contributed by atoms with E-state index in [4.69, 9.17) is 4.74 Å². The third-order valence-corrected chi connectivity index (χ3v) is 6.73. The number of hydrogen-bond donors (Lipinski definition) is 5. The fraction of sp³-hybridized carbons (Fsp3) is 0.846.